The third-order valence-corrected chi connectivity index (χ3v) is 6.96. The molecule has 0 saturated carbocycles. The molecule has 3 aromatic carbocycles. The molecule has 7 nitrogen and oxygen atoms in total. The summed E-state index contributed by atoms with van der Waals surface area (Å²) >= 11 is 0. The van der Waals surface area contributed by atoms with Crippen LogP contribution in [-0.4, -0.2) is 47.4 Å². The molecule has 0 atom stereocenters. The lowest BCUT2D eigenvalue weighted by atomic mass is 10.0. The Balaban J connectivity index is 1.23. The number of ether oxygens (including phenoxy) is 3. The first-order chi connectivity index (χ1) is 18.1. The number of hydrogen-bond acceptors (Lipinski definition) is 5. The van der Waals surface area contributed by atoms with E-state index in [2.05, 4.69) is 4.57 Å². The maximum absolute atomic E-state index is 14.0. The van der Waals surface area contributed by atoms with Crippen LogP contribution < -0.4 is 14.2 Å². The second kappa shape index (κ2) is 9.61. The van der Waals surface area contributed by atoms with Gasteiger partial charge in [-0.3, -0.25) is 4.79 Å². The Morgan fingerprint density at radius 1 is 1.03 bits per heavy atom. The van der Waals surface area contributed by atoms with Gasteiger partial charge in [0.25, 0.3) is 0 Å². The van der Waals surface area contributed by atoms with Crippen LogP contribution in [0.2, 0.25) is 0 Å². The molecule has 1 fully saturated rings. The molecule has 4 aromatic rings. The number of piperidine rings is 1. The fraction of sp³-hybridized carbons (Fsp3) is 0.241. The summed E-state index contributed by atoms with van der Waals surface area (Å²) in [7, 11) is 1.63. The van der Waals surface area contributed by atoms with Crippen LogP contribution in [0.4, 0.5) is 4.39 Å². The number of halogens is 1. The molecule has 0 aliphatic carbocycles. The second-order valence-corrected chi connectivity index (χ2v) is 9.17. The number of carbonyl (C=O) groups is 1. The van der Waals surface area contributed by atoms with Crippen molar-refractivity contribution < 1.29 is 23.4 Å². The van der Waals surface area contributed by atoms with Gasteiger partial charge in [0, 0.05) is 36.8 Å². The Hall–Kier alpha value is -4.33. The second-order valence-electron chi connectivity index (χ2n) is 9.17. The highest BCUT2D eigenvalue weighted by Crippen LogP contribution is 2.39. The van der Waals surface area contributed by atoms with Gasteiger partial charge in [-0.05, 0) is 66.9 Å². The van der Waals surface area contributed by atoms with E-state index in [0.29, 0.717) is 30.1 Å². The summed E-state index contributed by atoms with van der Waals surface area (Å²) in [5, 5.41) is 0. The van der Waals surface area contributed by atoms with Gasteiger partial charge in [-0.15, -0.1) is 0 Å². The summed E-state index contributed by atoms with van der Waals surface area (Å²) in [6.07, 6.45) is 4.98. The van der Waals surface area contributed by atoms with Crippen molar-refractivity contribution in [2.45, 2.75) is 18.9 Å². The molecule has 1 saturated heterocycles. The minimum Gasteiger partial charge on any atom is -0.497 e. The van der Waals surface area contributed by atoms with E-state index in [0.717, 1.165) is 41.1 Å². The number of fused-ring (bicyclic) bond motifs is 2. The van der Waals surface area contributed by atoms with Crippen LogP contribution >= 0.6 is 0 Å². The number of rotatable bonds is 5. The molecule has 37 heavy (non-hydrogen) atoms. The Morgan fingerprint density at radius 3 is 2.59 bits per heavy atom. The van der Waals surface area contributed by atoms with E-state index in [1.165, 1.54) is 12.1 Å². The zero-order valence-corrected chi connectivity index (χ0v) is 20.4. The minimum absolute atomic E-state index is 0.0113. The number of methoxy groups -OCH3 is 1. The van der Waals surface area contributed by atoms with E-state index in [4.69, 9.17) is 19.2 Å². The predicted octanol–water partition coefficient (Wildman–Crippen LogP) is 5.46. The number of amides is 1. The summed E-state index contributed by atoms with van der Waals surface area (Å²) in [4.78, 5) is 19.5. The highest BCUT2D eigenvalue weighted by Gasteiger charge is 2.27. The summed E-state index contributed by atoms with van der Waals surface area (Å²) < 4.78 is 32.4. The average Bonchev–Trinajstić information content (AvgIpc) is 3.56. The molecular weight excluding hydrogens is 473 g/mol. The van der Waals surface area contributed by atoms with Crippen LogP contribution in [0.15, 0.2) is 66.7 Å². The van der Waals surface area contributed by atoms with Gasteiger partial charge >= 0.3 is 0 Å². The first-order valence-electron chi connectivity index (χ1n) is 12.3. The Kier molecular flexibility index (Phi) is 6.00. The van der Waals surface area contributed by atoms with Gasteiger partial charge in [-0.1, -0.05) is 12.1 Å². The van der Waals surface area contributed by atoms with Crippen molar-refractivity contribution in [2.75, 3.05) is 27.0 Å². The van der Waals surface area contributed by atoms with Crippen molar-refractivity contribution in [1.29, 1.82) is 0 Å². The smallest absolute Gasteiger partial charge is 0.246 e. The summed E-state index contributed by atoms with van der Waals surface area (Å²) in [6.45, 7) is 1.44. The largest absolute Gasteiger partial charge is 0.497 e. The highest BCUT2D eigenvalue weighted by molar-refractivity contribution is 5.92. The Morgan fingerprint density at radius 2 is 1.81 bits per heavy atom. The first kappa shape index (κ1) is 23.1. The summed E-state index contributed by atoms with van der Waals surface area (Å²) in [5.41, 5.74) is 3.29. The van der Waals surface area contributed by atoms with Gasteiger partial charge in [0.15, 0.2) is 11.5 Å². The van der Waals surface area contributed by atoms with Crippen LogP contribution in [0.25, 0.3) is 28.5 Å². The summed E-state index contributed by atoms with van der Waals surface area (Å²) in [5.74, 6) is 2.57. The van der Waals surface area contributed by atoms with Gasteiger partial charge in [-0.2, -0.15) is 0 Å². The monoisotopic (exact) mass is 499 g/mol. The van der Waals surface area contributed by atoms with Gasteiger partial charge in [-0.25, -0.2) is 9.37 Å². The lowest BCUT2D eigenvalue weighted by Crippen LogP contribution is -2.38. The standard InChI is InChI=1S/C29H26FN3O4/c1-35-23-7-2-19(3-8-23)4-11-28(34)32-14-12-22(13-15-32)33-25-9-6-21(30)17-24(25)31-29(33)20-5-10-26-27(16-20)37-18-36-26/h2-11,16-17,22H,12-15,18H2,1H3. The van der Waals surface area contributed by atoms with Gasteiger partial charge in [0.1, 0.15) is 17.4 Å². The SMILES string of the molecule is COc1ccc(C=CC(=O)N2CCC(n3c(-c4ccc5c(c4)OCO5)nc4cc(F)ccc43)CC2)cc1. The van der Waals surface area contributed by atoms with Gasteiger partial charge < -0.3 is 23.7 Å². The predicted molar refractivity (Wildman–Crippen MR) is 138 cm³/mol. The molecule has 0 radical (unpaired) electrons. The normalized spacial score (nSPS) is 15.6. The number of nitrogens with zero attached hydrogens (tertiary/aromatic N) is 3. The number of benzene rings is 3. The Labute approximate surface area is 213 Å². The van der Waals surface area contributed by atoms with E-state index in [-0.39, 0.29) is 24.6 Å². The highest BCUT2D eigenvalue weighted by atomic mass is 19.1. The third kappa shape index (κ3) is 4.50. The molecule has 1 aromatic heterocycles. The molecule has 0 unspecified atom stereocenters. The number of aromatic nitrogens is 2. The molecule has 3 heterocycles. The molecule has 2 aliphatic heterocycles. The van der Waals surface area contributed by atoms with Crippen molar-refractivity contribution in [3.8, 4) is 28.6 Å². The van der Waals surface area contributed by atoms with Crippen LogP contribution in [-0.2, 0) is 4.79 Å². The maximum atomic E-state index is 14.0. The zero-order valence-electron chi connectivity index (χ0n) is 20.4. The molecular formula is C29H26FN3O4. The molecule has 0 bridgehead atoms. The average molecular weight is 500 g/mol. The van der Waals surface area contributed by atoms with Gasteiger partial charge in [0.2, 0.25) is 12.7 Å². The third-order valence-electron chi connectivity index (χ3n) is 6.96. The number of hydrogen-bond donors (Lipinski definition) is 0. The minimum atomic E-state index is -0.321. The van der Waals surface area contributed by atoms with Gasteiger partial charge in [0.05, 0.1) is 18.1 Å². The lowest BCUT2D eigenvalue weighted by molar-refractivity contribution is -0.127. The fourth-order valence-electron chi connectivity index (χ4n) is 5.01. The van der Waals surface area contributed by atoms with Crippen molar-refractivity contribution >= 4 is 23.0 Å². The zero-order chi connectivity index (χ0) is 25.4. The summed E-state index contributed by atoms with van der Waals surface area (Å²) in [6, 6.07) is 18.1. The van der Waals surface area contributed by atoms with Crippen molar-refractivity contribution in [2.24, 2.45) is 0 Å². The van der Waals surface area contributed by atoms with E-state index in [9.17, 15) is 9.18 Å². The molecule has 6 rings (SSSR count). The van der Waals surface area contributed by atoms with E-state index in [1.807, 2.05) is 53.4 Å². The van der Waals surface area contributed by atoms with Crippen LogP contribution in [0, 0.1) is 5.82 Å². The van der Waals surface area contributed by atoms with E-state index in [1.54, 1.807) is 19.3 Å². The molecule has 2 aliphatic rings. The molecule has 188 valence electrons. The molecule has 8 heteroatoms. The molecule has 0 spiro atoms. The topological polar surface area (TPSA) is 65.8 Å². The number of carbonyl (C=O) groups excluding carboxylic acids is 1. The van der Waals surface area contributed by atoms with Crippen LogP contribution in [0.1, 0.15) is 24.4 Å². The molecule has 1 amide bonds. The fourth-order valence-corrected chi connectivity index (χ4v) is 5.01. The number of imidazole rings is 1. The van der Waals surface area contributed by atoms with Crippen molar-refractivity contribution in [1.82, 2.24) is 14.5 Å². The first-order valence-corrected chi connectivity index (χ1v) is 12.3. The van der Waals surface area contributed by atoms with E-state index >= 15 is 0 Å². The van der Waals surface area contributed by atoms with E-state index < -0.39 is 0 Å². The Bertz CT molecular complexity index is 1490. The number of likely N-dealkylation sites (tertiary alicyclic amines) is 1. The lowest BCUT2D eigenvalue weighted by Gasteiger charge is -2.33. The van der Waals surface area contributed by atoms with Crippen molar-refractivity contribution in [3.05, 3.63) is 78.1 Å². The van der Waals surface area contributed by atoms with Crippen LogP contribution in [0.5, 0.6) is 17.2 Å². The molecule has 0 N–H and O–H groups in total. The quantitative estimate of drug-likeness (QED) is 0.342. The maximum Gasteiger partial charge on any atom is 0.246 e. The van der Waals surface area contributed by atoms with Crippen molar-refractivity contribution in [3.63, 3.8) is 0 Å². The van der Waals surface area contributed by atoms with Crippen LogP contribution in [0.3, 0.4) is 0 Å².